The SMILES string of the molecule is CC(=O)Nc1ccc(C(=O)N/N=C\c2cc(Br)c(O)c(I)c2)cc1. The molecule has 2 aromatic rings. The average molecular weight is 502 g/mol. The number of halogens is 2. The lowest BCUT2D eigenvalue weighted by molar-refractivity contribution is -0.114. The minimum atomic E-state index is -0.367. The molecule has 0 aliphatic rings. The largest absolute Gasteiger partial charge is 0.506 e. The third kappa shape index (κ3) is 5.03. The molecule has 6 nitrogen and oxygen atoms in total. The Morgan fingerprint density at radius 2 is 1.92 bits per heavy atom. The summed E-state index contributed by atoms with van der Waals surface area (Å²) in [6.07, 6.45) is 1.48. The van der Waals surface area contributed by atoms with Crippen molar-refractivity contribution in [1.29, 1.82) is 0 Å². The summed E-state index contributed by atoms with van der Waals surface area (Å²) >= 11 is 5.25. The van der Waals surface area contributed by atoms with E-state index in [4.69, 9.17) is 0 Å². The fraction of sp³-hybridized carbons (Fsp3) is 0.0625. The van der Waals surface area contributed by atoms with E-state index in [0.717, 1.165) is 5.56 Å². The van der Waals surface area contributed by atoms with Crippen molar-refractivity contribution in [2.75, 3.05) is 5.32 Å². The summed E-state index contributed by atoms with van der Waals surface area (Å²) < 4.78 is 1.22. The minimum Gasteiger partial charge on any atom is -0.506 e. The number of nitrogens with one attached hydrogen (secondary N) is 2. The fourth-order valence-corrected chi connectivity index (χ4v) is 3.30. The molecular formula is C16H13BrIN3O3. The van der Waals surface area contributed by atoms with Crippen LogP contribution in [0.15, 0.2) is 46.0 Å². The Bertz CT molecular complexity index is 784. The van der Waals surface area contributed by atoms with Crippen LogP contribution in [0.5, 0.6) is 5.75 Å². The molecule has 0 saturated heterocycles. The minimum absolute atomic E-state index is 0.163. The lowest BCUT2D eigenvalue weighted by Crippen LogP contribution is -2.17. The molecule has 0 atom stereocenters. The molecule has 0 spiro atoms. The summed E-state index contributed by atoms with van der Waals surface area (Å²) in [4.78, 5) is 22.9. The maximum Gasteiger partial charge on any atom is 0.271 e. The van der Waals surface area contributed by atoms with Crippen molar-refractivity contribution in [3.8, 4) is 5.75 Å². The molecule has 124 valence electrons. The number of anilines is 1. The highest BCUT2D eigenvalue weighted by molar-refractivity contribution is 14.1. The summed E-state index contributed by atoms with van der Waals surface area (Å²) in [5, 5.41) is 16.2. The predicted molar refractivity (Wildman–Crippen MR) is 104 cm³/mol. The molecule has 3 N–H and O–H groups in total. The zero-order valence-electron chi connectivity index (χ0n) is 12.5. The highest BCUT2D eigenvalue weighted by Crippen LogP contribution is 2.29. The van der Waals surface area contributed by atoms with Crippen molar-refractivity contribution in [2.24, 2.45) is 5.10 Å². The third-order valence-corrected chi connectivity index (χ3v) is 4.31. The number of hydrogen-bond acceptors (Lipinski definition) is 4. The first-order chi connectivity index (χ1) is 11.4. The van der Waals surface area contributed by atoms with E-state index in [1.165, 1.54) is 13.1 Å². The number of benzene rings is 2. The number of aromatic hydroxyl groups is 1. The zero-order valence-corrected chi connectivity index (χ0v) is 16.3. The Morgan fingerprint density at radius 1 is 1.25 bits per heavy atom. The van der Waals surface area contributed by atoms with Crippen LogP contribution >= 0.6 is 38.5 Å². The van der Waals surface area contributed by atoms with Crippen LogP contribution in [0, 0.1) is 3.57 Å². The monoisotopic (exact) mass is 501 g/mol. The third-order valence-electron chi connectivity index (χ3n) is 2.89. The molecule has 0 aliphatic carbocycles. The number of phenols is 1. The van der Waals surface area contributed by atoms with Crippen molar-refractivity contribution >= 4 is 62.2 Å². The van der Waals surface area contributed by atoms with Crippen molar-refractivity contribution in [3.63, 3.8) is 0 Å². The molecule has 2 aromatic carbocycles. The number of hydrazone groups is 1. The van der Waals surface area contributed by atoms with Gasteiger partial charge in [-0.15, -0.1) is 0 Å². The van der Waals surface area contributed by atoms with Gasteiger partial charge in [0, 0.05) is 18.2 Å². The molecule has 2 amide bonds. The van der Waals surface area contributed by atoms with Gasteiger partial charge in [0.2, 0.25) is 5.91 Å². The molecule has 0 bridgehead atoms. The molecule has 0 saturated carbocycles. The number of phenolic OH excluding ortho intramolecular Hbond substituents is 1. The molecule has 0 aromatic heterocycles. The number of carbonyl (C=O) groups excluding carboxylic acids is 2. The number of nitrogens with zero attached hydrogens (tertiary/aromatic N) is 1. The highest BCUT2D eigenvalue weighted by atomic mass is 127. The van der Waals surface area contributed by atoms with Gasteiger partial charge in [-0.2, -0.15) is 5.10 Å². The molecule has 0 radical (unpaired) electrons. The Hall–Kier alpha value is -1.94. The van der Waals surface area contributed by atoms with Gasteiger partial charge in [0.05, 0.1) is 14.3 Å². The summed E-state index contributed by atoms with van der Waals surface area (Å²) in [5.74, 6) is -0.379. The van der Waals surface area contributed by atoms with Crippen LogP contribution in [-0.2, 0) is 4.79 Å². The second kappa shape index (κ2) is 8.25. The molecule has 0 heterocycles. The molecule has 0 unspecified atom stereocenters. The first-order valence-corrected chi connectivity index (χ1v) is 8.63. The molecule has 24 heavy (non-hydrogen) atoms. The lowest BCUT2D eigenvalue weighted by Gasteiger charge is -2.04. The topological polar surface area (TPSA) is 90.8 Å². The van der Waals surface area contributed by atoms with Crippen molar-refractivity contribution in [1.82, 2.24) is 5.43 Å². The number of hydrogen-bond donors (Lipinski definition) is 3. The van der Waals surface area contributed by atoms with Gasteiger partial charge < -0.3 is 10.4 Å². The Morgan fingerprint density at radius 3 is 2.50 bits per heavy atom. The zero-order chi connectivity index (χ0) is 17.7. The van der Waals surface area contributed by atoms with E-state index in [0.29, 0.717) is 19.3 Å². The smallest absolute Gasteiger partial charge is 0.271 e. The molecular weight excluding hydrogens is 489 g/mol. The number of carbonyl (C=O) groups is 2. The van der Waals surface area contributed by atoms with Gasteiger partial charge in [-0.1, -0.05) is 0 Å². The quantitative estimate of drug-likeness (QED) is 0.340. The predicted octanol–water partition coefficient (Wildman–Crippen LogP) is 3.48. The van der Waals surface area contributed by atoms with Crippen LogP contribution in [0.3, 0.4) is 0 Å². The Labute approximate surface area is 160 Å². The average Bonchev–Trinajstić information content (AvgIpc) is 2.52. The maximum atomic E-state index is 12.0. The second-order valence-corrected chi connectivity index (χ2v) is 6.81. The van der Waals surface area contributed by atoms with E-state index in [-0.39, 0.29) is 17.6 Å². The van der Waals surface area contributed by atoms with Gasteiger partial charge in [0.1, 0.15) is 5.75 Å². The Balaban J connectivity index is 2.01. The lowest BCUT2D eigenvalue weighted by atomic mass is 10.2. The van der Waals surface area contributed by atoms with Gasteiger partial charge >= 0.3 is 0 Å². The van der Waals surface area contributed by atoms with Crippen molar-refractivity contribution in [3.05, 3.63) is 55.6 Å². The summed E-state index contributed by atoms with van der Waals surface area (Å²) in [6.45, 7) is 1.41. The van der Waals surface area contributed by atoms with Crippen LogP contribution in [0.2, 0.25) is 0 Å². The normalized spacial score (nSPS) is 10.6. The van der Waals surface area contributed by atoms with Crippen LogP contribution < -0.4 is 10.7 Å². The van der Waals surface area contributed by atoms with Crippen LogP contribution in [-0.4, -0.2) is 23.1 Å². The fourth-order valence-electron chi connectivity index (χ4n) is 1.80. The molecule has 8 heteroatoms. The van der Waals surface area contributed by atoms with E-state index in [2.05, 4.69) is 31.8 Å². The van der Waals surface area contributed by atoms with Gasteiger partial charge in [0.25, 0.3) is 5.91 Å². The number of amides is 2. The molecule has 2 rings (SSSR count). The van der Waals surface area contributed by atoms with Crippen LogP contribution in [0.4, 0.5) is 5.69 Å². The first kappa shape index (κ1) is 18.4. The Kier molecular flexibility index (Phi) is 6.32. The van der Waals surface area contributed by atoms with Crippen LogP contribution in [0.1, 0.15) is 22.8 Å². The van der Waals surface area contributed by atoms with E-state index in [1.54, 1.807) is 36.4 Å². The van der Waals surface area contributed by atoms with Gasteiger partial charge in [-0.25, -0.2) is 5.43 Å². The van der Waals surface area contributed by atoms with Crippen molar-refractivity contribution in [2.45, 2.75) is 6.92 Å². The summed E-state index contributed by atoms with van der Waals surface area (Å²) in [5.41, 5.74) is 4.19. The summed E-state index contributed by atoms with van der Waals surface area (Å²) in [7, 11) is 0. The van der Waals surface area contributed by atoms with Gasteiger partial charge in [0.15, 0.2) is 0 Å². The second-order valence-electron chi connectivity index (χ2n) is 4.79. The maximum absolute atomic E-state index is 12.0. The summed E-state index contributed by atoms with van der Waals surface area (Å²) in [6, 6.07) is 9.89. The standard InChI is InChI=1S/C16H13BrIN3O3/c1-9(22)20-12-4-2-11(3-5-12)16(24)21-19-8-10-6-13(17)15(23)14(18)7-10/h2-8,23H,1H3,(H,20,22)(H,21,24)/b19-8-. The van der Waals surface area contributed by atoms with Gasteiger partial charge in [-0.05, 0) is 80.5 Å². The van der Waals surface area contributed by atoms with E-state index in [9.17, 15) is 14.7 Å². The van der Waals surface area contributed by atoms with E-state index >= 15 is 0 Å². The first-order valence-electron chi connectivity index (χ1n) is 6.76. The van der Waals surface area contributed by atoms with E-state index in [1.807, 2.05) is 22.6 Å². The van der Waals surface area contributed by atoms with Crippen molar-refractivity contribution < 1.29 is 14.7 Å². The van der Waals surface area contributed by atoms with Crippen LogP contribution in [0.25, 0.3) is 0 Å². The van der Waals surface area contributed by atoms with E-state index < -0.39 is 0 Å². The highest BCUT2D eigenvalue weighted by Gasteiger charge is 2.06. The van der Waals surface area contributed by atoms with Gasteiger partial charge in [-0.3, -0.25) is 9.59 Å². The number of rotatable bonds is 4. The molecule has 0 aliphatic heterocycles. The molecule has 0 fully saturated rings.